The standard InChI is InChI=1S/C18H18N2O3/c1-4-16(22)19-12-5-6-15(21)13(9-12)18-20-14-8-10(2)7-11(3)17(14)23-18/h5-9,21H,4H2,1-3H3,(H,19,22). The SMILES string of the molecule is CCC(=O)Nc1ccc(O)c(-c2nc3cc(C)cc(C)c3o2)c1. The predicted molar refractivity (Wildman–Crippen MR) is 89.5 cm³/mol. The summed E-state index contributed by atoms with van der Waals surface area (Å²) in [4.78, 5) is 16.0. The molecule has 0 saturated carbocycles. The molecule has 0 radical (unpaired) electrons. The van der Waals surface area contributed by atoms with Crippen molar-refractivity contribution in [2.24, 2.45) is 0 Å². The fourth-order valence-corrected chi connectivity index (χ4v) is 2.53. The Kier molecular flexibility index (Phi) is 3.78. The number of fused-ring (bicyclic) bond motifs is 1. The number of phenols is 1. The highest BCUT2D eigenvalue weighted by atomic mass is 16.3. The van der Waals surface area contributed by atoms with E-state index in [0.29, 0.717) is 29.1 Å². The van der Waals surface area contributed by atoms with Crippen LogP contribution in [0.15, 0.2) is 34.7 Å². The van der Waals surface area contributed by atoms with E-state index >= 15 is 0 Å². The number of hydrogen-bond acceptors (Lipinski definition) is 4. The molecule has 23 heavy (non-hydrogen) atoms. The molecule has 3 rings (SSSR count). The summed E-state index contributed by atoms with van der Waals surface area (Å²) >= 11 is 0. The Balaban J connectivity index is 2.09. The topological polar surface area (TPSA) is 75.4 Å². The molecule has 118 valence electrons. The van der Waals surface area contributed by atoms with Crippen LogP contribution in [-0.2, 0) is 4.79 Å². The molecule has 1 aromatic heterocycles. The number of aryl methyl sites for hydroxylation is 2. The van der Waals surface area contributed by atoms with Crippen molar-refractivity contribution in [2.45, 2.75) is 27.2 Å². The van der Waals surface area contributed by atoms with Crippen LogP contribution in [0.3, 0.4) is 0 Å². The van der Waals surface area contributed by atoms with E-state index in [1.54, 1.807) is 19.1 Å². The van der Waals surface area contributed by atoms with Crippen molar-refractivity contribution >= 4 is 22.7 Å². The van der Waals surface area contributed by atoms with Gasteiger partial charge >= 0.3 is 0 Å². The highest BCUT2D eigenvalue weighted by Crippen LogP contribution is 2.34. The molecule has 2 aromatic carbocycles. The van der Waals surface area contributed by atoms with Crippen molar-refractivity contribution in [3.63, 3.8) is 0 Å². The molecule has 3 aromatic rings. The van der Waals surface area contributed by atoms with Crippen molar-refractivity contribution < 1.29 is 14.3 Å². The van der Waals surface area contributed by atoms with Crippen LogP contribution in [0.25, 0.3) is 22.6 Å². The van der Waals surface area contributed by atoms with Crippen molar-refractivity contribution in [3.05, 3.63) is 41.5 Å². The number of rotatable bonds is 3. The number of oxazole rings is 1. The normalized spacial score (nSPS) is 10.9. The minimum Gasteiger partial charge on any atom is -0.507 e. The van der Waals surface area contributed by atoms with E-state index in [2.05, 4.69) is 10.3 Å². The maximum Gasteiger partial charge on any atom is 0.231 e. The van der Waals surface area contributed by atoms with E-state index in [0.717, 1.165) is 16.6 Å². The van der Waals surface area contributed by atoms with E-state index in [1.165, 1.54) is 6.07 Å². The Morgan fingerprint density at radius 1 is 1.26 bits per heavy atom. The highest BCUT2D eigenvalue weighted by Gasteiger charge is 2.15. The van der Waals surface area contributed by atoms with Gasteiger partial charge in [-0.05, 0) is 49.2 Å². The van der Waals surface area contributed by atoms with Crippen LogP contribution >= 0.6 is 0 Å². The summed E-state index contributed by atoms with van der Waals surface area (Å²) in [6.45, 7) is 5.74. The van der Waals surface area contributed by atoms with Gasteiger partial charge in [0, 0.05) is 12.1 Å². The largest absolute Gasteiger partial charge is 0.507 e. The summed E-state index contributed by atoms with van der Waals surface area (Å²) in [7, 11) is 0. The van der Waals surface area contributed by atoms with E-state index in [1.807, 2.05) is 26.0 Å². The lowest BCUT2D eigenvalue weighted by atomic mass is 10.1. The summed E-state index contributed by atoms with van der Waals surface area (Å²) in [5.74, 6) is 0.296. The van der Waals surface area contributed by atoms with Crippen LogP contribution in [-0.4, -0.2) is 16.0 Å². The maximum atomic E-state index is 11.5. The number of benzene rings is 2. The van der Waals surface area contributed by atoms with E-state index in [4.69, 9.17) is 4.42 Å². The van der Waals surface area contributed by atoms with E-state index in [9.17, 15) is 9.90 Å². The third-order valence-electron chi connectivity index (χ3n) is 3.65. The number of phenolic OH excluding ortho intramolecular Hbond substituents is 1. The lowest BCUT2D eigenvalue weighted by molar-refractivity contribution is -0.115. The Morgan fingerprint density at radius 2 is 2.04 bits per heavy atom. The number of anilines is 1. The van der Waals surface area contributed by atoms with Crippen LogP contribution in [0.4, 0.5) is 5.69 Å². The third kappa shape index (κ3) is 2.90. The van der Waals surface area contributed by atoms with Gasteiger partial charge in [0.25, 0.3) is 0 Å². The molecule has 0 aliphatic carbocycles. The molecule has 0 saturated heterocycles. The van der Waals surface area contributed by atoms with Gasteiger partial charge in [0.15, 0.2) is 5.58 Å². The third-order valence-corrected chi connectivity index (χ3v) is 3.65. The van der Waals surface area contributed by atoms with Gasteiger partial charge in [0.2, 0.25) is 11.8 Å². The second kappa shape index (κ2) is 5.76. The lowest BCUT2D eigenvalue weighted by Crippen LogP contribution is -2.09. The van der Waals surface area contributed by atoms with E-state index < -0.39 is 0 Å². The lowest BCUT2D eigenvalue weighted by Gasteiger charge is -2.06. The highest BCUT2D eigenvalue weighted by molar-refractivity contribution is 5.91. The summed E-state index contributed by atoms with van der Waals surface area (Å²) in [5.41, 5.74) is 4.59. The first-order valence-corrected chi connectivity index (χ1v) is 7.49. The zero-order valence-electron chi connectivity index (χ0n) is 13.3. The smallest absolute Gasteiger partial charge is 0.231 e. The molecule has 0 atom stereocenters. The van der Waals surface area contributed by atoms with Gasteiger partial charge in [-0.25, -0.2) is 4.98 Å². The Labute approximate surface area is 134 Å². The van der Waals surface area contributed by atoms with E-state index in [-0.39, 0.29) is 11.7 Å². The van der Waals surface area contributed by atoms with Crippen LogP contribution in [0, 0.1) is 13.8 Å². The quantitative estimate of drug-likeness (QED) is 0.712. The Hall–Kier alpha value is -2.82. The second-order valence-corrected chi connectivity index (χ2v) is 5.58. The van der Waals surface area contributed by atoms with Crippen LogP contribution in [0.1, 0.15) is 24.5 Å². The molecule has 0 fully saturated rings. The van der Waals surface area contributed by atoms with Gasteiger partial charge in [-0.2, -0.15) is 0 Å². The average molecular weight is 310 g/mol. The van der Waals surface area contributed by atoms with Crippen LogP contribution < -0.4 is 5.32 Å². The number of hydrogen-bond donors (Lipinski definition) is 2. The van der Waals surface area contributed by atoms with Crippen molar-refractivity contribution in [2.75, 3.05) is 5.32 Å². The minimum absolute atomic E-state index is 0.0560. The number of amides is 1. The van der Waals surface area contributed by atoms with Gasteiger partial charge in [-0.15, -0.1) is 0 Å². The van der Waals surface area contributed by atoms with Crippen molar-refractivity contribution in [1.29, 1.82) is 0 Å². The summed E-state index contributed by atoms with van der Waals surface area (Å²) in [6.07, 6.45) is 0.386. The van der Waals surface area contributed by atoms with Crippen LogP contribution in [0.5, 0.6) is 5.75 Å². The predicted octanol–water partition coefficient (Wildman–Crippen LogP) is 4.17. The number of nitrogens with zero attached hydrogens (tertiary/aromatic N) is 1. The molecule has 1 amide bonds. The first-order chi connectivity index (χ1) is 11.0. The van der Waals surface area contributed by atoms with Gasteiger partial charge < -0.3 is 14.8 Å². The molecule has 2 N–H and O–H groups in total. The zero-order chi connectivity index (χ0) is 16.6. The Morgan fingerprint density at radius 3 is 2.78 bits per heavy atom. The summed E-state index contributed by atoms with van der Waals surface area (Å²) < 4.78 is 5.82. The van der Waals surface area contributed by atoms with Gasteiger partial charge in [-0.1, -0.05) is 13.0 Å². The average Bonchev–Trinajstić information content (AvgIpc) is 2.93. The van der Waals surface area contributed by atoms with Gasteiger partial charge in [-0.3, -0.25) is 4.79 Å². The number of carbonyl (C=O) groups excluding carboxylic acids is 1. The van der Waals surface area contributed by atoms with Crippen molar-refractivity contribution in [3.8, 4) is 17.2 Å². The first kappa shape index (κ1) is 15.1. The van der Waals surface area contributed by atoms with Gasteiger partial charge in [0.1, 0.15) is 11.3 Å². The number of aromatic nitrogens is 1. The van der Waals surface area contributed by atoms with Gasteiger partial charge in [0.05, 0.1) is 5.56 Å². The molecule has 0 aliphatic heterocycles. The van der Waals surface area contributed by atoms with Crippen LogP contribution in [0.2, 0.25) is 0 Å². The Bertz CT molecular complexity index is 897. The van der Waals surface area contributed by atoms with Crippen molar-refractivity contribution in [1.82, 2.24) is 4.98 Å². The molecule has 0 spiro atoms. The second-order valence-electron chi connectivity index (χ2n) is 5.58. The molecule has 0 aliphatic rings. The number of nitrogens with one attached hydrogen (secondary N) is 1. The molecule has 0 unspecified atom stereocenters. The summed E-state index contributed by atoms with van der Waals surface area (Å²) in [5, 5.41) is 12.9. The fraction of sp³-hybridized carbons (Fsp3) is 0.222. The summed E-state index contributed by atoms with van der Waals surface area (Å²) in [6, 6.07) is 8.79. The minimum atomic E-state index is -0.0920. The molecular weight excluding hydrogens is 292 g/mol. The fourth-order valence-electron chi connectivity index (χ4n) is 2.53. The first-order valence-electron chi connectivity index (χ1n) is 7.49. The molecule has 5 heteroatoms. The monoisotopic (exact) mass is 310 g/mol. The molecular formula is C18H18N2O3. The zero-order valence-corrected chi connectivity index (χ0v) is 13.3. The number of carbonyl (C=O) groups is 1. The molecule has 0 bridgehead atoms. The molecule has 1 heterocycles. The maximum absolute atomic E-state index is 11.5. The number of aromatic hydroxyl groups is 1. The molecule has 5 nitrogen and oxygen atoms in total.